The predicted molar refractivity (Wildman–Crippen MR) is 83.5 cm³/mol. The lowest BCUT2D eigenvalue weighted by Gasteiger charge is -2.27. The maximum absolute atomic E-state index is 14.1. The van der Waals surface area contributed by atoms with Crippen LogP contribution < -0.4 is 19.1 Å². The summed E-state index contributed by atoms with van der Waals surface area (Å²) in [5.41, 5.74) is 0. The molecular formula is C16H15F5O3Si. The maximum atomic E-state index is 14.1. The van der Waals surface area contributed by atoms with Crippen molar-refractivity contribution < 1.29 is 35.9 Å². The first-order valence-electron chi connectivity index (χ1n) is 7.07. The van der Waals surface area contributed by atoms with Gasteiger partial charge in [-0.05, 0) is 25.2 Å². The van der Waals surface area contributed by atoms with Gasteiger partial charge in [0, 0.05) is 0 Å². The molecule has 0 fully saturated rings. The Morgan fingerprint density at radius 1 is 0.720 bits per heavy atom. The summed E-state index contributed by atoms with van der Waals surface area (Å²) in [7, 11) is -0.963. The predicted octanol–water partition coefficient (Wildman–Crippen LogP) is 3.89. The fourth-order valence-corrected chi connectivity index (χ4v) is 4.45. The minimum absolute atomic E-state index is 0.0214. The van der Waals surface area contributed by atoms with Crippen molar-refractivity contribution in [2.24, 2.45) is 0 Å². The standard InChI is InChI=1S/C16H15F5O3Si/c1-22-8-6-5-7-9(23-2)15(8)24-25(3,4)16-13(20)11(18)10(17)12(19)14(16)21/h5-7H,1-4H3. The molecule has 0 spiro atoms. The second-order valence-electron chi connectivity index (χ2n) is 5.55. The average molecular weight is 378 g/mol. The summed E-state index contributed by atoms with van der Waals surface area (Å²) in [5, 5.41) is -0.961. The van der Waals surface area contributed by atoms with Crippen LogP contribution in [0.3, 0.4) is 0 Å². The summed E-state index contributed by atoms with van der Waals surface area (Å²) in [6.45, 7) is 2.61. The van der Waals surface area contributed by atoms with Crippen LogP contribution in [0.15, 0.2) is 18.2 Å². The zero-order valence-corrected chi connectivity index (χ0v) is 14.8. The molecule has 0 heterocycles. The number of ether oxygens (including phenoxy) is 2. The minimum atomic E-state index is -3.65. The zero-order valence-electron chi connectivity index (χ0n) is 13.8. The molecule has 0 aromatic heterocycles. The summed E-state index contributed by atoms with van der Waals surface area (Å²) in [5.74, 6) is -9.61. The number of para-hydroxylation sites is 1. The molecule has 3 nitrogen and oxygen atoms in total. The van der Waals surface area contributed by atoms with E-state index in [9.17, 15) is 22.0 Å². The molecule has 0 amide bonds. The highest BCUT2D eigenvalue weighted by Gasteiger charge is 2.40. The van der Waals surface area contributed by atoms with Crippen LogP contribution in [0.5, 0.6) is 17.2 Å². The van der Waals surface area contributed by atoms with Crippen LogP contribution >= 0.6 is 0 Å². The first-order chi connectivity index (χ1) is 11.7. The second kappa shape index (κ2) is 6.91. The molecule has 0 aliphatic rings. The van der Waals surface area contributed by atoms with Crippen molar-refractivity contribution in [1.82, 2.24) is 0 Å². The molecule has 0 radical (unpaired) electrons. The number of rotatable bonds is 5. The van der Waals surface area contributed by atoms with E-state index in [1.54, 1.807) is 6.07 Å². The van der Waals surface area contributed by atoms with Gasteiger partial charge < -0.3 is 13.9 Å². The molecule has 0 N–H and O–H groups in total. The SMILES string of the molecule is COc1cccc(OC)c1O[Si](C)(C)c1c(F)c(F)c(F)c(F)c1F. The highest BCUT2D eigenvalue weighted by atomic mass is 28.4. The van der Waals surface area contributed by atoms with E-state index in [0.29, 0.717) is 0 Å². The first-order valence-corrected chi connectivity index (χ1v) is 9.98. The Balaban J connectivity index is 2.63. The molecule has 0 aliphatic heterocycles. The van der Waals surface area contributed by atoms with Crippen LogP contribution in [0.25, 0.3) is 0 Å². The Hall–Kier alpha value is -2.29. The minimum Gasteiger partial charge on any atom is -0.534 e. The Kier molecular flexibility index (Phi) is 5.26. The lowest BCUT2D eigenvalue weighted by Crippen LogP contribution is -2.52. The van der Waals surface area contributed by atoms with Gasteiger partial charge in [0.1, 0.15) is 0 Å². The van der Waals surface area contributed by atoms with Crippen LogP contribution in [0.1, 0.15) is 0 Å². The molecule has 2 aromatic carbocycles. The molecule has 0 aliphatic carbocycles. The molecule has 25 heavy (non-hydrogen) atoms. The lowest BCUT2D eigenvalue weighted by atomic mass is 10.3. The summed E-state index contributed by atoms with van der Waals surface area (Å²) >= 11 is 0. The fraction of sp³-hybridized carbons (Fsp3) is 0.250. The Morgan fingerprint density at radius 2 is 1.12 bits per heavy atom. The molecule has 9 heteroatoms. The largest absolute Gasteiger partial charge is 0.534 e. The van der Waals surface area contributed by atoms with Crippen LogP contribution in [0.4, 0.5) is 22.0 Å². The van der Waals surface area contributed by atoms with E-state index in [-0.39, 0.29) is 17.2 Å². The summed E-state index contributed by atoms with van der Waals surface area (Å²) in [4.78, 5) is 0. The molecule has 0 unspecified atom stereocenters. The van der Waals surface area contributed by atoms with Gasteiger partial charge in [0.15, 0.2) is 40.5 Å². The van der Waals surface area contributed by atoms with Gasteiger partial charge in [0.2, 0.25) is 5.82 Å². The first kappa shape index (κ1) is 19.0. The highest BCUT2D eigenvalue weighted by Crippen LogP contribution is 2.38. The lowest BCUT2D eigenvalue weighted by molar-refractivity contribution is 0.359. The third-order valence-corrected chi connectivity index (χ3v) is 5.91. The Bertz CT molecular complexity index is 760. The number of benzene rings is 2. The summed E-state index contributed by atoms with van der Waals surface area (Å²) in [6.07, 6.45) is 0. The molecule has 136 valence electrons. The van der Waals surface area contributed by atoms with Gasteiger partial charge in [-0.1, -0.05) is 6.07 Å². The third kappa shape index (κ3) is 3.28. The molecule has 2 aromatic rings. The smallest absolute Gasteiger partial charge is 0.283 e. The van der Waals surface area contributed by atoms with E-state index < -0.39 is 42.6 Å². The van der Waals surface area contributed by atoms with Crippen molar-refractivity contribution in [3.63, 3.8) is 0 Å². The van der Waals surface area contributed by atoms with Gasteiger partial charge in [-0.3, -0.25) is 0 Å². The molecule has 0 saturated heterocycles. The maximum Gasteiger partial charge on any atom is 0.283 e. The average Bonchev–Trinajstić information content (AvgIpc) is 2.58. The normalized spacial score (nSPS) is 11.4. The molecule has 0 saturated carbocycles. The molecule has 0 bridgehead atoms. The van der Waals surface area contributed by atoms with Gasteiger partial charge in [-0.15, -0.1) is 0 Å². The van der Waals surface area contributed by atoms with Crippen molar-refractivity contribution >= 4 is 13.5 Å². The molecule has 2 rings (SSSR count). The fourth-order valence-electron chi connectivity index (χ4n) is 2.36. The van der Waals surface area contributed by atoms with Crippen molar-refractivity contribution in [2.45, 2.75) is 13.1 Å². The Labute approximate surface area is 142 Å². The second-order valence-corrected chi connectivity index (χ2v) is 9.27. The zero-order chi connectivity index (χ0) is 18.9. The number of methoxy groups -OCH3 is 2. The summed E-state index contributed by atoms with van der Waals surface area (Å²) in [6, 6.07) is 4.62. The van der Waals surface area contributed by atoms with Crippen molar-refractivity contribution in [3.8, 4) is 17.2 Å². The Morgan fingerprint density at radius 3 is 1.52 bits per heavy atom. The van der Waals surface area contributed by atoms with Gasteiger partial charge in [0.25, 0.3) is 8.32 Å². The van der Waals surface area contributed by atoms with Gasteiger partial charge >= 0.3 is 0 Å². The van der Waals surface area contributed by atoms with Crippen molar-refractivity contribution in [3.05, 3.63) is 47.3 Å². The quantitative estimate of drug-likeness (QED) is 0.342. The van der Waals surface area contributed by atoms with Gasteiger partial charge in [0.05, 0.1) is 19.4 Å². The van der Waals surface area contributed by atoms with Crippen LogP contribution in [0.2, 0.25) is 13.1 Å². The van der Waals surface area contributed by atoms with E-state index >= 15 is 0 Å². The number of hydrogen-bond acceptors (Lipinski definition) is 3. The van der Waals surface area contributed by atoms with Crippen LogP contribution in [-0.2, 0) is 0 Å². The van der Waals surface area contributed by atoms with E-state index in [4.69, 9.17) is 13.9 Å². The molecule has 0 atom stereocenters. The van der Waals surface area contributed by atoms with E-state index in [2.05, 4.69) is 0 Å². The number of halogens is 5. The number of hydrogen-bond donors (Lipinski definition) is 0. The summed E-state index contributed by atoms with van der Waals surface area (Å²) < 4.78 is 84.5. The van der Waals surface area contributed by atoms with Gasteiger partial charge in [-0.25, -0.2) is 22.0 Å². The van der Waals surface area contributed by atoms with E-state index in [0.717, 1.165) is 0 Å². The topological polar surface area (TPSA) is 27.7 Å². The van der Waals surface area contributed by atoms with Crippen molar-refractivity contribution in [2.75, 3.05) is 14.2 Å². The highest BCUT2D eigenvalue weighted by molar-refractivity contribution is 6.85. The van der Waals surface area contributed by atoms with Crippen LogP contribution in [0, 0.1) is 29.1 Å². The van der Waals surface area contributed by atoms with Crippen LogP contribution in [-0.4, -0.2) is 22.5 Å². The van der Waals surface area contributed by atoms with E-state index in [1.807, 2.05) is 0 Å². The van der Waals surface area contributed by atoms with Crippen molar-refractivity contribution in [1.29, 1.82) is 0 Å². The van der Waals surface area contributed by atoms with E-state index in [1.165, 1.54) is 39.4 Å². The third-order valence-electron chi connectivity index (χ3n) is 3.55. The monoisotopic (exact) mass is 378 g/mol. The molecular weight excluding hydrogens is 363 g/mol. The van der Waals surface area contributed by atoms with Gasteiger partial charge in [-0.2, -0.15) is 0 Å².